The van der Waals surface area contributed by atoms with Gasteiger partial charge in [-0.2, -0.15) is 0 Å². The highest BCUT2D eigenvalue weighted by Gasteiger charge is 2.15. The molecule has 0 spiro atoms. The fourth-order valence-electron chi connectivity index (χ4n) is 4.87. The summed E-state index contributed by atoms with van der Waals surface area (Å²) in [5, 5.41) is 3.72. The molecule has 160 valence electrons. The summed E-state index contributed by atoms with van der Waals surface area (Å²) >= 11 is 0. The summed E-state index contributed by atoms with van der Waals surface area (Å²) in [4.78, 5) is 9.10. The fraction of sp³-hybridized carbons (Fsp3) is 0. The van der Waals surface area contributed by atoms with E-state index in [4.69, 9.17) is 0 Å². The highest BCUT2D eigenvalue weighted by Crippen LogP contribution is 2.35. The third-order valence-electron chi connectivity index (χ3n) is 6.45. The van der Waals surface area contributed by atoms with E-state index in [-0.39, 0.29) is 0 Å². The molecule has 0 saturated heterocycles. The number of rotatable bonds is 3. The van der Waals surface area contributed by atoms with Crippen molar-refractivity contribution in [3.05, 3.63) is 122 Å². The van der Waals surface area contributed by atoms with Gasteiger partial charge in [-0.15, -0.1) is 0 Å². The van der Waals surface area contributed by atoms with Gasteiger partial charge in [0.25, 0.3) is 0 Å². The van der Waals surface area contributed by atoms with Crippen molar-refractivity contribution in [2.24, 2.45) is 0 Å². The first-order valence-electron chi connectivity index (χ1n) is 11.3. The zero-order valence-electron chi connectivity index (χ0n) is 18.3. The smallest absolute Gasteiger partial charge is 0.0887 e. The minimum absolute atomic E-state index is 0.868. The van der Waals surface area contributed by atoms with Gasteiger partial charge in [-0.05, 0) is 60.7 Å². The SMILES string of the molecule is c1ccc(-n2c3ccccc3c3cc4ccn(-c5ccc(-c6ccccn6)nc5)c4cc32)cc1. The van der Waals surface area contributed by atoms with Crippen molar-refractivity contribution in [1.82, 2.24) is 19.1 Å². The van der Waals surface area contributed by atoms with Crippen LogP contribution in [-0.4, -0.2) is 19.1 Å². The normalized spacial score (nSPS) is 11.5. The van der Waals surface area contributed by atoms with Crippen LogP contribution < -0.4 is 0 Å². The Bertz CT molecular complexity index is 1780. The molecule has 4 nitrogen and oxygen atoms in total. The lowest BCUT2D eigenvalue weighted by molar-refractivity contribution is 1.10. The Kier molecular flexibility index (Phi) is 4.11. The Balaban J connectivity index is 1.44. The third-order valence-corrected chi connectivity index (χ3v) is 6.45. The number of hydrogen-bond donors (Lipinski definition) is 0. The molecule has 0 radical (unpaired) electrons. The molecule has 34 heavy (non-hydrogen) atoms. The highest BCUT2D eigenvalue weighted by atomic mass is 15.0. The second kappa shape index (κ2) is 7.42. The molecule has 7 aromatic rings. The van der Waals surface area contributed by atoms with Crippen LogP contribution >= 0.6 is 0 Å². The van der Waals surface area contributed by atoms with Gasteiger partial charge in [0.15, 0.2) is 0 Å². The van der Waals surface area contributed by atoms with Crippen LogP contribution in [0.25, 0.3) is 55.5 Å². The Labute approximate surface area is 196 Å². The van der Waals surface area contributed by atoms with Crippen molar-refractivity contribution < 1.29 is 0 Å². The fourth-order valence-corrected chi connectivity index (χ4v) is 4.87. The second-order valence-electron chi connectivity index (χ2n) is 8.42. The van der Waals surface area contributed by atoms with Gasteiger partial charge in [0, 0.05) is 34.2 Å². The highest BCUT2D eigenvalue weighted by molar-refractivity contribution is 6.13. The molecule has 0 aliphatic heterocycles. The van der Waals surface area contributed by atoms with Crippen molar-refractivity contribution in [1.29, 1.82) is 0 Å². The molecule has 0 N–H and O–H groups in total. The van der Waals surface area contributed by atoms with Gasteiger partial charge in [-0.3, -0.25) is 9.97 Å². The molecule has 0 bridgehead atoms. The summed E-state index contributed by atoms with van der Waals surface area (Å²) < 4.78 is 4.56. The first-order valence-corrected chi connectivity index (χ1v) is 11.3. The van der Waals surface area contributed by atoms with Crippen LogP contribution in [0.1, 0.15) is 0 Å². The zero-order chi connectivity index (χ0) is 22.5. The first kappa shape index (κ1) is 18.8. The van der Waals surface area contributed by atoms with Crippen LogP contribution in [0, 0.1) is 0 Å². The minimum Gasteiger partial charge on any atom is -0.315 e. The molecule has 0 amide bonds. The molecule has 0 aliphatic carbocycles. The van der Waals surface area contributed by atoms with Gasteiger partial charge in [0.1, 0.15) is 0 Å². The number of para-hydroxylation sites is 2. The predicted molar refractivity (Wildman–Crippen MR) is 139 cm³/mol. The summed E-state index contributed by atoms with van der Waals surface area (Å²) in [5.41, 5.74) is 7.49. The van der Waals surface area contributed by atoms with Gasteiger partial charge in [0.05, 0.1) is 39.8 Å². The lowest BCUT2D eigenvalue weighted by Crippen LogP contribution is -1.96. The number of fused-ring (bicyclic) bond motifs is 4. The van der Waals surface area contributed by atoms with E-state index in [0.29, 0.717) is 0 Å². The van der Waals surface area contributed by atoms with E-state index in [1.165, 1.54) is 27.2 Å². The molecule has 3 aromatic carbocycles. The predicted octanol–water partition coefficient (Wildman–Crippen LogP) is 7.18. The number of pyridine rings is 2. The van der Waals surface area contributed by atoms with Crippen molar-refractivity contribution in [2.75, 3.05) is 0 Å². The van der Waals surface area contributed by atoms with E-state index in [1.807, 2.05) is 30.5 Å². The Hall–Kier alpha value is -4.70. The van der Waals surface area contributed by atoms with Crippen molar-refractivity contribution in [3.63, 3.8) is 0 Å². The average Bonchev–Trinajstić information content (AvgIpc) is 3.47. The van der Waals surface area contributed by atoms with E-state index >= 15 is 0 Å². The molecule has 0 fully saturated rings. The molecule has 7 rings (SSSR count). The van der Waals surface area contributed by atoms with Crippen LogP contribution in [0.2, 0.25) is 0 Å². The molecule has 0 atom stereocenters. The first-order chi connectivity index (χ1) is 16.9. The Morgan fingerprint density at radius 2 is 1.35 bits per heavy atom. The number of aromatic nitrogens is 4. The average molecular weight is 437 g/mol. The summed E-state index contributed by atoms with van der Waals surface area (Å²) in [6.07, 6.45) is 5.83. The largest absolute Gasteiger partial charge is 0.315 e. The van der Waals surface area contributed by atoms with Gasteiger partial charge >= 0.3 is 0 Å². The molecular formula is C30H20N4. The van der Waals surface area contributed by atoms with Crippen LogP contribution in [0.3, 0.4) is 0 Å². The van der Waals surface area contributed by atoms with Gasteiger partial charge in [-0.1, -0.05) is 42.5 Å². The van der Waals surface area contributed by atoms with Crippen LogP contribution in [0.15, 0.2) is 122 Å². The monoisotopic (exact) mass is 436 g/mol. The maximum atomic E-state index is 4.69. The summed E-state index contributed by atoms with van der Waals surface area (Å²) in [6.45, 7) is 0. The lowest BCUT2D eigenvalue weighted by atomic mass is 10.1. The van der Waals surface area contributed by atoms with Crippen LogP contribution in [-0.2, 0) is 0 Å². The minimum atomic E-state index is 0.868. The number of benzene rings is 3. The van der Waals surface area contributed by atoms with Crippen molar-refractivity contribution in [2.45, 2.75) is 0 Å². The maximum absolute atomic E-state index is 4.69. The maximum Gasteiger partial charge on any atom is 0.0887 e. The number of nitrogens with zero attached hydrogens (tertiary/aromatic N) is 4. The topological polar surface area (TPSA) is 35.6 Å². The van der Waals surface area contributed by atoms with Crippen LogP contribution in [0.5, 0.6) is 0 Å². The van der Waals surface area contributed by atoms with Gasteiger partial charge in [-0.25, -0.2) is 0 Å². The van der Waals surface area contributed by atoms with E-state index in [9.17, 15) is 0 Å². The lowest BCUT2D eigenvalue weighted by Gasteiger charge is -2.09. The Morgan fingerprint density at radius 3 is 2.18 bits per heavy atom. The Morgan fingerprint density at radius 1 is 0.529 bits per heavy atom. The quantitative estimate of drug-likeness (QED) is 0.294. The molecular weight excluding hydrogens is 416 g/mol. The molecule has 0 unspecified atom stereocenters. The van der Waals surface area contributed by atoms with E-state index in [0.717, 1.165) is 28.3 Å². The second-order valence-corrected chi connectivity index (χ2v) is 8.42. The van der Waals surface area contributed by atoms with E-state index in [2.05, 4.69) is 104 Å². The van der Waals surface area contributed by atoms with E-state index in [1.54, 1.807) is 6.20 Å². The summed E-state index contributed by atoms with van der Waals surface area (Å²) in [5.74, 6) is 0. The van der Waals surface area contributed by atoms with Gasteiger partial charge in [0.2, 0.25) is 0 Å². The number of hydrogen-bond acceptors (Lipinski definition) is 2. The summed E-state index contributed by atoms with van der Waals surface area (Å²) in [6, 6.07) is 36.0. The zero-order valence-corrected chi connectivity index (χ0v) is 18.3. The molecule has 4 heterocycles. The molecule has 0 aliphatic rings. The molecule has 4 aromatic heterocycles. The molecule has 4 heteroatoms. The third kappa shape index (κ3) is 2.86. The van der Waals surface area contributed by atoms with Crippen molar-refractivity contribution in [3.8, 4) is 22.8 Å². The van der Waals surface area contributed by atoms with Crippen molar-refractivity contribution >= 4 is 32.7 Å². The van der Waals surface area contributed by atoms with Gasteiger partial charge < -0.3 is 9.13 Å². The van der Waals surface area contributed by atoms with E-state index < -0.39 is 0 Å². The standard InChI is InChI=1S/C30H20N4/c1-2-8-22(9-3-1)34-28-12-5-4-10-24(28)25-18-21-15-17-33(29(21)19-30(25)34)23-13-14-27(32-20-23)26-11-6-7-16-31-26/h1-20H. The summed E-state index contributed by atoms with van der Waals surface area (Å²) in [7, 11) is 0. The molecule has 0 saturated carbocycles. The van der Waals surface area contributed by atoms with Crippen LogP contribution in [0.4, 0.5) is 0 Å².